The first-order chi connectivity index (χ1) is 9.57. The average Bonchev–Trinajstić information content (AvgIpc) is 2.47. The first-order valence-corrected chi connectivity index (χ1v) is 6.71. The zero-order valence-electron chi connectivity index (χ0n) is 11.7. The largest absolute Gasteiger partial charge is 0.341 e. The number of hydrazine groups is 1. The summed E-state index contributed by atoms with van der Waals surface area (Å²) in [5.41, 5.74) is 0.227. The van der Waals surface area contributed by atoms with Gasteiger partial charge in [-0.1, -0.05) is 35.5 Å². The molecule has 1 aliphatic rings. The number of hydrogen-bond acceptors (Lipinski definition) is 5. The van der Waals surface area contributed by atoms with Gasteiger partial charge in [0.25, 0.3) is 0 Å². The van der Waals surface area contributed by atoms with Crippen molar-refractivity contribution in [2.45, 2.75) is 18.4 Å². The number of nitrogens with two attached hydrogens (primary N) is 1. The Morgan fingerprint density at radius 3 is 2.45 bits per heavy atom. The van der Waals surface area contributed by atoms with Gasteiger partial charge < -0.3 is 4.90 Å². The van der Waals surface area contributed by atoms with E-state index in [1.807, 2.05) is 30.3 Å². The number of carbonyl (C=O) groups is 1. The van der Waals surface area contributed by atoms with Crippen LogP contribution in [-0.2, 0) is 10.3 Å². The number of nitrogens with zero attached hydrogens (tertiary/aromatic N) is 3. The van der Waals surface area contributed by atoms with Gasteiger partial charge in [-0.3, -0.25) is 10.6 Å². The molecule has 2 N–H and O–H groups in total. The Morgan fingerprint density at radius 1 is 1.35 bits per heavy atom. The molecule has 108 valence electrons. The molecular formula is C14H20N4O2. The number of hydrogen-bond donors (Lipinski definition) is 1. The minimum atomic E-state index is -0.702. The second-order valence-electron chi connectivity index (χ2n) is 5.28. The van der Waals surface area contributed by atoms with Gasteiger partial charge in [0.15, 0.2) is 0 Å². The Bertz CT molecular complexity index is 467. The van der Waals surface area contributed by atoms with Gasteiger partial charge in [-0.05, 0) is 18.4 Å². The second kappa shape index (κ2) is 6.11. The highest BCUT2D eigenvalue weighted by atomic mass is 16.3. The van der Waals surface area contributed by atoms with E-state index in [1.54, 1.807) is 11.9 Å². The smallest absolute Gasteiger partial charge is 0.238 e. The van der Waals surface area contributed by atoms with E-state index in [1.165, 1.54) is 5.01 Å². The highest BCUT2D eigenvalue weighted by Gasteiger charge is 2.38. The summed E-state index contributed by atoms with van der Waals surface area (Å²) in [5.74, 6) is 5.48. The van der Waals surface area contributed by atoms with Gasteiger partial charge in [-0.25, -0.2) is 5.01 Å². The fraction of sp³-hybridized carbons (Fsp3) is 0.500. The van der Waals surface area contributed by atoms with Gasteiger partial charge >= 0.3 is 0 Å². The van der Waals surface area contributed by atoms with Gasteiger partial charge in [-0.15, -0.1) is 4.91 Å². The maximum atomic E-state index is 11.9. The fourth-order valence-corrected chi connectivity index (χ4v) is 2.62. The van der Waals surface area contributed by atoms with Gasteiger partial charge in [0.05, 0.1) is 6.54 Å². The van der Waals surface area contributed by atoms with E-state index in [0.717, 1.165) is 5.56 Å². The molecule has 0 bridgehead atoms. The molecule has 6 nitrogen and oxygen atoms in total. The van der Waals surface area contributed by atoms with Crippen LogP contribution in [0.4, 0.5) is 0 Å². The summed E-state index contributed by atoms with van der Waals surface area (Å²) in [4.78, 5) is 25.0. The van der Waals surface area contributed by atoms with Crippen molar-refractivity contribution in [2.24, 2.45) is 11.0 Å². The lowest BCUT2D eigenvalue weighted by atomic mass is 9.82. The number of likely N-dealkylation sites (tertiary alicyclic amines) is 1. The SMILES string of the molecule is CN(N)CC(=O)N1CCC(N=O)(c2ccccc2)CC1. The number of nitroso groups, excluding NO2 is 1. The van der Waals surface area contributed by atoms with E-state index < -0.39 is 5.54 Å². The number of amides is 1. The summed E-state index contributed by atoms with van der Waals surface area (Å²) in [6.45, 7) is 1.26. The highest BCUT2D eigenvalue weighted by molar-refractivity contribution is 5.78. The summed E-state index contributed by atoms with van der Waals surface area (Å²) >= 11 is 0. The lowest BCUT2D eigenvalue weighted by Gasteiger charge is -2.37. The average molecular weight is 276 g/mol. The minimum Gasteiger partial charge on any atom is -0.341 e. The van der Waals surface area contributed by atoms with Crippen LogP contribution in [0.25, 0.3) is 0 Å². The standard InChI is InChI=1S/C14H20N4O2/c1-17(15)11-13(19)18-9-7-14(16-20,8-10-18)12-5-3-2-4-6-12/h2-6H,7-11,15H2,1H3. The van der Waals surface area contributed by atoms with E-state index in [-0.39, 0.29) is 12.5 Å². The lowest BCUT2D eigenvalue weighted by Crippen LogP contribution is -2.48. The van der Waals surface area contributed by atoms with Crippen LogP contribution in [0.5, 0.6) is 0 Å². The van der Waals surface area contributed by atoms with Gasteiger partial charge in [0, 0.05) is 20.1 Å². The highest BCUT2D eigenvalue weighted by Crippen LogP contribution is 2.36. The third-order valence-electron chi connectivity index (χ3n) is 3.81. The first kappa shape index (κ1) is 14.6. The van der Waals surface area contributed by atoms with Crippen LogP contribution in [0, 0.1) is 4.91 Å². The van der Waals surface area contributed by atoms with E-state index in [0.29, 0.717) is 25.9 Å². The molecule has 0 spiro atoms. The predicted molar refractivity (Wildman–Crippen MR) is 76.5 cm³/mol. The molecule has 0 unspecified atom stereocenters. The minimum absolute atomic E-state index is 0.0115. The molecule has 0 atom stereocenters. The van der Waals surface area contributed by atoms with Crippen molar-refractivity contribution in [1.82, 2.24) is 9.91 Å². The van der Waals surface area contributed by atoms with Crippen molar-refractivity contribution in [3.63, 3.8) is 0 Å². The van der Waals surface area contributed by atoms with E-state index in [9.17, 15) is 9.70 Å². The van der Waals surface area contributed by atoms with Crippen molar-refractivity contribution in [1.29, 1.82) is 0 Å². The van der Waals surface area contributed by atoms with Crippen LogP contribution in [0.15, 0.2) is 35.5 Å². The van der Waals surface area contributed by atoms with Crippen LogP contribution in [0.3, 0.4) is 0 Å². The molecule has 1 amide bonds. The molecule has 0 aliphatic carbocycles. The summed E-state index contributed by atoms with van der Waals surface area (Å²) in [6.07, 6.45) is 1.11. The monoisotopic (exact) mass is 276 g/mol. The Balaban J connectivity index is 2.05. The molecule has 1 aromatic rings. The van der Waals surface area contributed by atoms with Crippen molar-refractivity contribution in [3.05, 3.63) is 40.8 Å². The third-order valence-corrected chi connectivity index (χ3v) is 3.81. The molecule has 0 aromatic heterocycles. The molecule has 1 aromatic carbocycles. The maximum Gasteiger partial charge on any atom is 0.238 e. The zero-order chi connectivity index (χ0) is 14.6. The lowest BCUT2D eigenvalue weighted by molar-refractivity contribution is -0.133. The van der Waals surface area contributed by atoms with Crippen LogP contribution < -0.4 is 5.84 Å². The van der Waals surface area contributed by atoms with E-state index in [2.05, 4.69) is 5.18 Å². The summed E-state index contributed by atoms with van der Waals surface area (Å²) < 4.78 is 0. The second-order valence-corrected chi connectivity index (χ2v) is 5.28. The molecule has 6 heteroatoms. The molecule has 2 rings (SSSR count). The van der Waals surface area contributed by atoms with Gasteiger partial charge in [-0.2, -0.15) is 0 Å². The van der Waals surface area contributed by atoms with Crippen LogP contribution >= 0.6 is 0 Å². The number of benzene rings is 1. The summed E-state index contributed by atoms with van der Waals surface area (Å²) in [6, 6.07) is 9.57. The van der Waals surface area contributed by atoms with Crippen molar-refractivity contribution >= 4 is 5.91 Å². The molecule has 1 saturated heterocycles. The fourth-order valence-electron chi connectivity index (χ4n) is 2.62. The van der Waals surface area contributed by atoms with Crippen molar-refractivity contribution < 1.29 is 4.79 Å². The van der Waals surface area contributed by atoms with Crippen molar-refractivity contribution in [3.8, 4) is 0 Å². The maximum absolute atomic E-state index is 11.9. The van der Waals surface area contributed by atoms with Gasteiger partial charge in [0.1, 0.15) is 5.54 Å². The van der Waals surface area contributed by atoms with Gasteiger partial charge in [0.2, 0.25) is 5.91 Å². The predicted octanol–water partition coefficient (Wildman–Crippen LogP) is 1.08. The third kappa shape index (κ3) is 3.02. The van der Waals surface area contributed by atoms with E-state index in [4.69, 9.17) is 5.84 Å². The summed E-state index contributed by atoms with van der Waals surface area (Å²) in [7, 11) is 1.66. The molecule has 1 heterocycles. The molecule has 1 aliphatic heterocycles. The van der Waals surface area contributed by atoms with Crippen LogP contribution in [0.1, 0.15) is 18.4 Å². The molecule has 1 fully saturated rings. The number of likely N-dealkylation sites (N-methyl/N-ethyl adjacent to an activating group) is 1. The Labute approximate surface area is 118 Å². The molecular weight excluding hydrogens is 256 g/mol. The van der Waals surface area contributed by atoms with Crippen molar-refractivity contribution in [2.75, 3.05) is 26.7 Å². The normalized spacial score (nSPS) is 18.1. The van der Waals surface area contributed by atoms with E-state index >= 15 is 0 Å². The molecule has 0 radical (unpaired) electrons. The zero-order valence-corrected chi connectivity index (χ0v) is 11.7. The quantitative estimate of drug-likeness (QED) is 0.507. The topological polar surface area (TPSA) is 79.0 Å². The van der Waals surface area contributed by atoms with Crippen LogP contribution in [0.2, 0.25) is 0 Å². The molecule has 0 saturated carbocycles. The molecule has 20 heavy (non-hydrogen) atoms. The Morgan fingerprint density at radius 2 is 1.95 bits per heavy atom. The number of carbonyl (C=O) groups excluding carboxylic acids is 1. The first-order valence-electron chi connectivity index (χ1n) is 6.71. The van der Waals surface area contributed by atoms with Crippen LogP contribution in [-0.4, -0.2) is 42.5 Å². The summed E-state index contributed by atoms with van der Waals surface area (Å²) in [5, 5.41) is 4.74. The Kier molecular flexibility index (Phi) is 4.46. The Hall–Kier alpha value is -1.79. The number of rotatable bonds is 4. The number of piperidine rings is 1.